The number of rotatable bonds is 10. The van der Waals surface area contributed by atoms with E-state index in [1.165, 1.54) is 24.0 Å². The molecule has 49 heavy (non-hydrogen) atoms. The molecule has 0 spiro atoms. The quantitative estimate of drug-likeness (QED) is 0.281. The summed E-state index contributed by atoms with van der Waals surface area (Å²) in [5.41, 5.74) is 4.00. The molecule has 0 radical (unpaired) electrons. The van der Waals surface area contributed by atoms with E-state index >= 15 is 0 Å². The molecule has 0 saturated heterocycles. The monoisotopic (exact) mass is 715 g/mol. The maximum absolute atomic E-state index is 13.5. The van der Waals surface area contributed by atoms with Gasteiger partial charge in [0, 0.05) is 49.9 Å². The topological polar surface area (TPSA) is 80.3 Å². The van der Waals surface area contributed by atoms with E-state index in [4.69, 9.17) is 25.8 Å². The number of ether oxygens (including phenoxy) is 3. The number of hydrogen-bond donors (Lipinski definition) is 1. The molecule has 1 N–H and O–H groups in total. The number of carbonyl (C=O) groups is 1. The Hall–Kier alpha value is -2.17. The average Bonchev–Trinajstić information content (AvgIpc) is 3.24. The number of hydrogen-bond acceptors (Lipinski definition) is 7. The second-order valence-electron chi connectivity index (χ2n) is 14.9. The molecule has 2 aliphatic heterocycles. The highest BCUT2D eigenvalue weighted by atomic mass is 35.5. The van der Waals surface area contributed by atoms with Gasteiger partial charge in [-0.15, -0.1) is 0 Å². The Labute approximate surface area is 302 Å². The van der Waals surface area contributed by atoms with E-state index in [1.54, 1.807) is 13.2 Å². The van der Waals surface area contributed by atoms with Gasteiger partial charge in [0.1, 0.15) is 16.7 Å². The second kappa shape index (κ2) is 17.9. The number of amides is 1. The highest BCUT2D eigenvalue weighted by Crippen LogP contribution is 2.45. The van der Waals surface area contributed by atoms with Gasteiger partial charge in [0.25, 0.3) is 5.91 Å². The molecule has 8 nitrogen and oxygen atoms in total. The van der Waals surface area contributed by atoms with Crippen molar-refractivity contribution >= 4 is 34.2 Å². The van der Waals surface area contributed by atoms with Crippen LogP contribution in [-0.2, 0) is 26.9 Å². The van der Waals surface area contributed by atoms with E-state index in [0.29, 0.717) is 36.5 Å². The molecule has 2 aromatic rings. The Morgan fingerprint density at radius 1 is 1.10 bits per heavy atom. The fraction of sp³-hybridized carbons (Fsp3) is 0.667. The zero-order valence-electron chi connectivity index (χ0n) is 30.4. The first-order chi connectivity index (χ1) is 23.6. The molecular formula is C39H58ClN3O5S. The van der Waals surface area contributed by atoms with Crippen molar-refractivity contribution in [3.63, 3.8) is 0 Å². The van der Waals surface area contributed by atoms with Gasteiger partial charge in [0.2, 0.25) is 0 Å². The number of fused-ring (bicyclic) bond motifs is 2. The molecule has 8 atom stereocenters. The van der Waals surface area contributed by atoms with E-state index in [1.807, 2.05) is 25.1 Å². The highest BCUT2D eigenvalue weighted by molar-refractivity contribution is 7.84. The third-order valence-electron chi connectivity index (χ3n) is 11.1. The summed E-state index contributed by atoms with van der Waals surface area (Å²) in [4.78, 5) is 18.1. The van der Waals surface area contributed by atoms with Crippen LogP contribution >= 0.6 is 11.6 Å². The smallest absolute Gasteiger partial charge is 0.263 e. The summed E-state index contributed by atoms with van der Waals surface area (Å²) in [6.45, 7) is 10.7. The number of halogens is 1. The first-order valence-electron chi connectivity index (χ1n) is 18.3. The van der Waals surface area contributed by atoms with Crippen molar-refractivity contribution in [2.45, 2.75) is 83.0 Å². The van der Waals surface area contributed by atoms with Crippen molar-refractivity contribution in [2.75, 3.05) is 65.6 Å². The molecule has 2 aromatic carbocycles. The molecule has 1 fully saturated rings. The molecule has 272 valence electrons. The third-order valence-corrected chi connectivity index (χ3v) is 12.9. The maximum atomic E-state index is 13.5. The number of methoxy groups -OCH3 is 1. The number of nitrogens with one attached hydrogen (secondary N) is 1. The van der Waals surface area contributed by atoms with Gasteiger partial charge >= 0.3 is 0 Å². The SMILES string of the molecule is CCCc1cc(Cl)ccc1C1COc2ccc3cc2N(C1)CC1CCC1C(COC[C@@H](CN(C)C)OC)CCCC(C)C(C)S(=O)NC3=O. The molecule has 5 rings (SSSR count). The maximum Gasteiger partial charge on any atom is 0.263 e. The molecule has 10 heteroatoms. The Bertz CT molecular complexity index is 1430. The number of anilines is 1. The predicted octanol–water partition coefficient (Wildman–Crippen LogP) is 7.11. The minimum Gasteiger partial charge on any atom is -0.491 e. The zero-order chi connectivity index (χ0) is 35.1. The Balaban J connectivity index is 1.46. The first-order valence-corrected chi connectivity index (χ1v) is 19.9. The van der Waals surface area contributed by atoms with Gasteiger partial charge in [0.15, 0.2) is 0 Å². The lowest BCUT2D eigenvalue weighted by Crippen LogP contribution is -2.44. The molecule has 1 saturated carbocycles. The van der Waals surface area contributed by atoms with Crippen molar-refractivity contribution in [3.8, 4) is 5.75 Å². The van der Waals surface area contributed by atoms with Crippen LogP contribution in [0.15, 0.2) is 36.4 Å². The first kappa shape index (κ1) is 38.1. The fourth-order valence-corrected chi connectivity index (χ4v) is 9.18. The van der Waals surface area contributed by atoms with Crippen LogP contribution in [0.25, 0.3) is 0 Å². The molecule has 2 heterocycles. The number of aryl methyl sites for hydroxylation is 1. The highest BCUT2D eigenvalue weighted by Gasteiger charge is 2.39. The van der Waals surface area contributed by atoms with E-state index in [2.05, 4.69) is 54.6 Å². The van der Waals surface area contributed by atoms with Gasteiger partial charge in [-0.3, -0.25) is 9.52 Å². The van der Waals surface area contributed by atoms with Crippen LogP contribution in [0.4, 0.5) is 5.69 Å². The fourth-order valence-electron chi connectivity index (χ4n) is 7.95. The Kier molecular flexibility index (Phi) is 13.9. The third kappa shape index (κ3) is 9.79. The minimum absolute atomic E-state index is 0.0367. The Morgan fingerprint density at radius 3 is 2.63 bits per heavy atom. The summed E-state index contributed by atoms with van der Waals surface area (Å²) in [5.74, 6) is 2.33. The number of likely N-dealkylation sites (N-methyl/N-ethyl adjacent to an activating group) is 1. The summed E-state index contributed by atoms with van der Waals surface area (Å²) < 4.78 is 34.9. The molecular weight excluding hydrogens is 658 g/mol. The van der Waals surface area contributed by atoms with Crippen LogP contribution in [0.2, 0.25) is 5.02 Å². The average molecular weight is 716 g/mol. The van der Waals surface area contributed by atoms with Crippen LogP contribution in [0.1, 0.15) is 86.7 Å². The van der Waals surface area contributed by atoms with E-state index in [0.717, 1.165) is 74.8 Å². The van der Waals surface area contributed by atoms with E-state index in [9.17, 15) is 9.00 Å². The van der Waals surface area contributed by atoms with Gasteiger partial charge in [-0.25, -0.2) is 4.21 Å². The standard InChI is InChI=1S/C39H58ClN3O5S/c1-7-9-28-18-33(40)14-16-35(28)32-21-43-20-30-12-15-36(30)31(23-47-25-34(46-6)22-42(4)5)11-8-10-26(2)27(3)49(45)41-39(44)29-13-17-38(48-24-32)37(43)19-29/h13-14,16-19,26-27,30-32,34,36H,7-12,15,20-25H2,1-6H3,(H,41,44)/t26?,27?,30?,31?,32?,34-,36?,49?/m1/s1. The molecule has 0 aromatic heterocycles. The summed E-state index contributed by atoms with van der Waals surface area (Å²) >= 11 is 6.47. The summed E-state index contributed by atoms with van der Waals surface area (Å²) in [6.07, 6.45) is 7.48. The van der Waals surface area contributed by atoms with Crippen LogP contribution in [0, 0.1) is 23.7 Å². The summed E-state index contributed by atoms with van der Waals surface area (Å²) in [5, 5.41) is 0.602. The zero-order valence-corrected chi connectivity index (χ0v) is 32.0. The van der Waals surface area contributed by atoms with Crippen LogP contribution in [0.3, 0.4) is 0 Å². The van der Waals surface area contributed by atoms with Crippen molar-refractivity contribution in [2.24, 2.45) is 23.7 Å². The summed E-state index contributed by atoms with van der Waals surface area (Å²) in [6, 6.07) is 11.9. The summed E-state index contributed by atoms with van der Waals surface area (Å²) in [7, 11) is 4.39. The van der Waals surface area contributed by atoms with Crippen molar-refractivity contribution in [3.05, 3.63) is 58.1 Å². The molecule has 1 amide bonds. The number of carbonyl (C=O) groups excluding carboxylic acids is 1. The van der Waals surface area contributed by atoms with Crippen molar-refractivity contribution in [1.82, 2.24) is 9.62 Å². The molecule has 3 aliphatic rings. The van der Waals surface area contributed by atoms with Gasteiger partial charge in [-0.05, 0) is 118 Å². The van der Waals surface area contributed by atoms with Crippen molar-refractivity contribution in [1.29, 1.82) is 0 Å². The molecule has 7 unspecified atom stereocenters. The van der Waals surface area contributed by atoms with Gasteiger partial charge in [-0.2, -0.15) is 0 Å². The molecule has 1 aliphatic carbocycles. The lowest BCUT2D eigenvalue weighted by Gasteiger charge is -2.45. The Morgan fingerprint density at radius 2 is 1.92 bits per heavy atom. The van der Waals surface area contributed by atoms with E-state index in [-0.39, 0.29) is 29.1 Å². The van der Waals surface area contributed by atoms with Crippen LogP contribution in [0.5, 0.6) is 5.75 Å². The van der Waals surface area contributed by atoms with Gasteiger partial charge < -0.3 is 24.0 Å². The van der Waals surface area contributed by atoms with E-state index < -0.39 is 11.0 Å². The predicted molar refractivity (Wildman–Crippen MR) is 200 cm³/mol. The normalized spacial score (nSPS) is 28.5. The lowest BCUT2D eigenvalue weighted by atomic mass is 9.65. The van der Waals surface area contributed by atoms with Gasteiger partial charge in [0.05, 0.1) is 30.3 Å². The van der Waals surface area contributed by atoms with Gasteiger partial charge in [-0.1, -0.05) is 44.4 Å². The minimum atomic E-state index is -1.49. The largest absolute Gasteiger partial charge is 0.491 e. The van der Waals surface area contributed by atoms with Crippen LogP contribution < -0.4 is 14.4 Å². The second-order valence-corrected chi connectivity index (χ2v) is 16.9. The number of benzene rings is 2. The lowest BCUT2D eigenvalue weighted by molar-refractivity contribution is -0.0342. The number of nitrogens with zero attached hydrogens (tertiary/aromatic N) is 2. The molecule has 2 bridgehead atoms. The van der Waals surface area contributed by atoms with Crippen LogP contribution in [-0.4, -0.2) is 87.0 Å². The van der Waals surface area contributed by atoms with Crippen molar-refractivity contribution < 1.29 is 23.2 Å².